The summed E-state index contributed by atoms with van der Waals surface area (Å²) in [6, 6.07) is 13.8. The van der Waals surface area contributed by atoms with Crippen LogP contribution < -0.4 is 5.32 Å². The zero-order valence-corrected chi connectivity index (χ0v) is 11.7. The molecule has 1 aliphatic heterocycles. The van der Waals surface area contributed by atoms with Crippen LogP contribution in [0.25, 0.3) is 11.1 Å². The van der Waals surface area contributed by atoms with Gasteiger partial charge in [-0.25, -0.2) is 4.39 Å². The van der Waals surface area contributed by atoms with Crippen molar-refractivity contribution in [1.82, 2.24) is 10.2 Å². The molecule has 0 spiro atoms. The highest BCUT2D eigenvalue weighted by Gasteiger charge is 2.17. The number of halogens is 1. The summed E-state index contributed by atoms with van der Waals surface area (Å²) >= 11 is 0. The molecule has 2 aromatic carbocycles. The molecule has 0 aliphatic carbocycles. The van der Waals surface area contributed by atoms with Gasteiger partial charge in [-0.2, -0.15) is 0 Å². The van der Waals surface area contributed by atoms with E-state index in [0.717, 1.165) is 37.3 Å². The molecule has 0 saturated carbocycles. The summed E-state index contributed by atoms with van der Waals surface area (Å²) in [4.78, 5) is 14.2. The maximum absolute atomic E-state index is 13.2. The van der Waals surface area contributed by atoms with Gasteiger partial charge in [0.25, 0.3) is 5.91 Å². The predicted octanol–water partition coefficient (Wildman–Crippen LogP) is 2.54. The first-order valence-electron chi connectivity index (χ1n) is 7.10. The fourth-order valence-corrected chi connectivity index (χ4v) is 2.52. The van der Waals surface area contributed by atoms with E-state index in [9.17, 15) is 9.18 Å². The molecule has 108 valence electrons. The molecule has 1 fully saturated rings. The Kier molecular flexibility index (Phi) is 3.97. The smallest absolute Gasteiger partial charge is 0.253 e. The highest BCUT2D eigenvalue weighted by molar-refractivity contribution is 5.94. The predicted molar refractivity (Wildman–Crippen MR) is 80.6 cm³/mol. The zero-order valence-electron chi connectivity index (χ0n) is 11.7. The first-order chi connectivity index (χ1) is 10.2. The molecule has 0 atom stereocenters. The number of hydrogen-bond donors (Lipinski definition) is 1. The van der Waals surface area contributed by atoms with Crippen LogP contribution in [-0.2, 0) is 0 Å². The second-order valence-electron chi connectivity index (χ2n) is 5.13. The van der Waals surface area contributed by atoms with Gasteiger partial charge < -0.3 is 10.2 Å². The van der Waals surface area contributed by atoms with E-state index in [1.54, 1.807) is 6.07 Å². The summed E-state index contributed by atoms with van der Waals surface area (Å²) in [7, 11) is 0. The van der Waals surface area contributed by atoms with Crippen molar-refractivity contribution in [2.45, 2.75) is 0 Å². The van der Waals surface area contributed by atoms with Gasteiger partial charge in [-0.3, -0.25) is 4.79 Å². The highest BCUT2D eigenvalue weighted by atomic mass is 19.1. The normalized spacial score (nSPS) is 15.0. The minimum Gasteiger partial charge on any atom is -0.336 e. The van der Waals surface area contributed by atoms with Crippen molar-refractivity contribution in [3.63, 3.8) is 0 Å². The van der Waals surface area contributed by atoms with Gasteiger partial charge in [0, 0.05) is 31.7 Å². The maximum atomic E-state index is 13.2. The molecule has 0 bridgehead atoms. The Hall–Kier alpha value is -2.20. The Morgan fingerprint density at radius 2 is 1.71 bits per heavy atom. The first kappa shape index (κ1) is 13.8. The summed E-state index contributed by atoms with van der Waals surface area (Å²) < 4.78 is 13.2. The van der Waals surface area contributed by atoms with Crippen LogP contribution in [0, 0.1) is 5.82 Å². The second kappa shape index (κ2) is 6.06. The SMILES string of the molecule is O=C(c1ccc(-c2cccc(F)c2)cc1)N1CCNCC1. The van der Waals surface area contributed by atoms with Gasteiger partial charge in [0.05, 0.1) is 0 Å². The number of carbonyl (C=O) groups is 1. The van der Waals surface area contributed by atoms with Crippen LogP contribution in [0.3, 0.4) is 0 Å². The van der Waals surface area contributed by atoms with Crippen LogP contribution in [0.5, 0.6) is 0 Å². The fraction of sp³-hybridized carbons (Fsp3) is 0.235. The molecule has 21 heavy (non-hydrogen) atoms. The summed E-state index contributed by atoms with van der Waals surface area (Å²) in [6.45, 7) is 3.16. The summed E-state index contributed by atoms with van der Waals surface area (Å²) in [5.41, 5.74) is 2.40. The van der Waals surface area contributed by atoms with E-state index < -0.39 is 0 Å². The first-order valence-corrected chi connectivity index (χ1v) is 7.10. The van der Waals surface area contributed by atoms with E-state index in [1.165, 1.54) is 12.1 Å². The molecule has 1 saturated heterocycles. The topological polar surface area (TPSA) is 32.3 Å². The minimum absolute atomic E-state index is 0.0577. The van der Waals surface area contributed by atoms with E-state index in [4.69, 9.17) is 0 Å². The Morgan fingerprint density at radius 1 is 1.00 bits per heavy atom. The minimum atomic E-state index is -0.256. The third-order valence-corrected chi connectivity index (χ3v) is 3.69. The van der Waals surface area contributed by atoms with Gasteiger partial charge in [0.1, 0.15) is 5.82 Å². The molecule has 3 nitrogen and oxygen atoms in total. The van der Waals surface area contributed by atoms with Crippen molar-refractivity contribution in [3.05, 3.63) is 59.9 Å². The molecule has 2 aromatic rings. The number of piperazine rings is 1. The number of carbonyl (C=O) groups excluding carboxylic acids is 1. The maximum Gasteiger partial charge on any atom is 0.253 e. The van der Waals surface area contributed by atoms with E-state index >= 15 is 0 Å². The highest BCUT2D eigenvalue weighted by Crippen LogP contribution is 2.21. The number of amides is 1. The van der Waals surface area contributed by atoms with Crippen LogP contribution in [0.4, 0.5) is 4.39 Å². The molecule has 0 radical (unpaired) electrons. The summed E-state index contributed by atoms with van der Waals surface area (Å²) in [6.07, 6.45) is 0. The van der Waals surface area contributed by atoms with Crippen molar-refractivity contribution in [3.8, 4) is 11.1 Å². The molecule has 4 heteroatoms. The van der Waals surface area contributed by atoms with Gasteiger partial charge in [-0.05, 0) is 35.4 Å². The molecule has 1 amide bonds. The lowest BCUT2D eigenvalue weighted by Crippen LogP contribution is -2.46. The Labute approximate surface area is 123 Å². The molecule has 1 N–H and O–H groups in total. The quantitative estimate of drug-likeness (QED) is 0.919. The van der Waals surface area contributed by atoms with Crippen LogP contribution in [-0.4, -0.2) is 37.0 Å². The van der Waals surface area contributed by atoms with Gasteiger partial charge in [-0.15, -0.1) is 0 Å². The van der Waals surface area contributed by atoms with Crippen LogP contribution >= 0.6 is 0 Å². The van der Waals surface area contributed by atoms with Crippen LogP contribution in [0.15, 0.2) is 48.5 Å². The number of hydrogen-bond acceptors (Lipinski definition) is 2. The number of benzene rings is 2. The molecule has 3 rings (SSSR count). The molecule has 0 aromatic heterocycles. The third kappa shape index (κ3) is 3.11. The summed E-state index contributed by atoms with van der Waals surface area (Å²) in [5, 5.41) is 3.23. The Balaban J connectivity index is 1.79. The fourth-order valence-electron chi connectivity index (χ4n) is 2.52. The van der Waals surface area contributed by atoms with Gasteiger partial charge >= 0.3 is 0 Å². The van der Waals surface area contributed by atoms with Crippen LogP contribution in [0.1, 0.15) is 10.4 Å². The lowest BCUT2D eigenvalue weighted by molar-refractivity contribution is 0.0736. The van der Waals surface area contributed by atoms with Crippen molar-refractivity contribution in [1.29, 1.82) is 0 Å². The molecule has 1 heterocycles. The monoisotopic (exact) mass is 284 g/mol. The average Bonchev–Trinajstić information content (AvgIpc) is 2.55. The molecule has 1 aliphatic rings. The lowest BCUT2D eigenvalue weighted by atomic mass is 10.0. The van der Waals surface area contributed by atoms with E-state index in [-0.39, 0.29) is 11.7 Å². The molecule has 0 unspecified atom stereocenters. The lowest BCUT2D eigenvalue weighted by Gasteiger charge is -2.27. The average molecular weight is 284 g/mol. The molecular formula is C17H17FN2O. The number of nitrogens with one attached hydrogen (secondary N) is 1. The van der Waals surface area contributed by atoms with Crippen molar-refractivity contribution in [2.24, 2.45) is 0 Å². The van der Waals surface area contributed by atoms with E-state index in [0.29, 0.717) is 5.56 Å². The zero-order chi connectivity index (χ0) is 14.7. The van der Waals surface area contributed by atoms with Crippen molar-refractivity contribution < 1.29 is 9.18 Å². The van der Waals surface area contributed by atoms with Crippen LogP contribution in [0.2, 0.25) is 0 Å². The van der Waals surface area contributed by atoms with Gasteiger partial charge in [0.2, 0.25) is 0 Å². The largest absolute Gasteiger partial charge is 0.336 e. The third-order valence-electron chi connectivity index (χ3n) is 3.69. The van der Waals surface area contributed by atoms with E-state index in [1.807, 2.05) is 35.2 Å². The number of nitrogens with zero attached hydrogens (tertiary/aromatic N) is 1. The van der Waals surface area contributed by atoms with Gasteiger partial charge in [0.15, 0.2) is 0 Å². The van der Waals surface area contributed by atoms with Crippen molar-refractivity contribution >= 4 is 5.91 Å². The molecular weight excluding hydrogens is 267 g/mol. The van der Waals surface area contributed by atoms with Gasteiger partial charge in [-0.1, -0.05) is 24.3 Å². The summed E-state index contributed by atoms with van der Waals surface area (Å²) in [5.74, 6) is -0.198. The number of rotatable bonds is 2. The van der Waals surface area contributed by atoms with E-state index in [2.05, 4.69) is 5.32 Å². The standard InChI is InChI=1S/C17H17FN2O/c18-16-3-1-2-15(12-16)13-4-6-14(7-5-13)17(21)20-10-8-19-9-11-20/h1-7,12,19H,8-11H2. The second-order valence-corrected chi connectivity index (χ2v) is 5.13. The van der Waals surface area contributed by atoms with Crippen molar-refractivity contribution in [2.75, 3.05) is 26.2 Å². The Morgan fingerprint density at radius 3 is 2.38 bits per heavy atom. The Bertz CT molecular complexity index is 633.